The maximum Gasteiger partial charge on any atom is 0.274 e. The summed E-state index contributed by atoms with van der Waals surface area (Å²) in [5.74, 6) is 1.26. The van der Waals surface area contributed by atoms with Crippen LogP contribution in [0.15, 0.2) is 87.1 Å². The molecule has 0 atom stereocenters. The van der Waals surface area contributed by atoms with Gasteiger partial charge in [-0.2, -0.15) is 11.3 Å². The molecule has 0 radical (unpaired) electrons. The zero-order chi connectivity index (χ0) is 32.9. The fourth-order valence-corrected chi connectivity index (χ4v) is 6.39. The summed E-state index contributed by atoms with van der Waals surface area (Å²) >= 11 is 1.51. The molecular formula is C37H36N4O5S. The number of ether oxygens (including phenoxy) is 2. The number of carbonyl (C=O) groups is 1. The summed E-state index contributed by atoms with van der Waals surface area (Å²) in [6, 6.07) is 20.9. The molecule has 3 heterocycles. The number of methoxy groups -OCH3 is 2. The molecule has 2 N–H and O–H groups in total. The molecule has 1 aliphatic rings. The number of H-pyrrole nitrogens is 1. The number of nitrogens with zero attached hydrogens (tertiary/aromatic N) is 2. The van der Waals surface area contributed by atoms with Crippen LogP contribution in [0.3, 0.4) is 0 Å². The van der Waals surface area contributed by atoms with Crippen molar-refractivity contribution in [3.05, 3.63) is 142 Å². The third-order valence-electron chi connectivity index (χ3n) is 8.41. The van der Waals surface area contributed by atoms with Crippen molar-refractivity contribution >= 4 is 35.1 Å². The Bertz CT molecular complexity index is 2150. The topological polar surface area (TPSA) is 106 Å². The number of benzene rings is 3. The molecule has 0 fully saturated rings. The second-order valence-corrected chi connectivity index (χ2v) is 12.3. The summed E-state index contributed by atoms with van der Waals surface area (Å²) in [6.07, 6.45) is 5.12. The van der Waals surface area contributed by atoms with E-state index in [0.717, 1.165) is 49.5 Å². The number of rotatable bonds is 9. The van der Waals surface area contributed by atoms with Crippen molar-refractivity contribution in [2.24, 2.45) is 7.05 Å². The van der Waals surface area contributed by atoms with Crippen LogP contribution in [0.25, 0.3) is 12.2 Å². The minimum atomic E-state index is -0.370. The lowest BCUT2D eigenvalue weighted by Gasteiger charge is -2.29. The van der Waals surface area contributed by atoms with Crippen molar-refractivity contribution in [2.75, 3.05) is 32.6 Å². The summed E-state index contributed by atoms with van der Waals surface area (Å²) in [5.41, 5.74) is 5.65. The molecule has 240 valence electrons. The zero-order valence-electron chi connectivity index (χ0n) is 26.5. The van der Waals surface area contributed by atoms with Crippen molar-refractivity contribution in [1.29, 1.82) is 0 Å². The minimum absolute atomic E-state index is 0.141. The van der Waals surface area contributed by atoms with Crippen LogP contribution in [0, 0.1) is 0 Å². The molecule has 0 spiro atoms. The van der Waals surface area contributed by atoms with Crippen molar-refractivity contribution in [2.45, 2.75) is 19.4 Å². The van der Waals surface area contributed by atoms with Crippen LogP contribution in [-0.2, 0) is 26.4 Å². The Labute approximate surface area is 276 Å². The van der Waals surface area contributed by atoms with E-state index >= 15 is 0 Å². The molecule has 1 aliphatic heterocycles. The predicted molar refractivity (Wildman–Crippen MR) is 186 cm³/mol. The molecule has 6 rings (SSSR count). The van der Waals surface area contributed by atoms with Gasteiger partial charge in [0, 0.05) is 37.9 Å². The van der Waals surface area contributed by atoms with Crippen molar-refractivity contribution in [3.8, 4) is 11.5 Å². The highest BCUT2D eigenvalue weighted by Crippen LogP contribution is 2.33. The van der Waals surface area contributed by atoms with Crippen LogP contribution in [0.1, 0.15) is 38.2 Å². The second kappa shape index (κ2) is 14.1. The molecule has 0 unspecified atom stereocenters. The first-order chi connectivity index (χ1) is 22.8. The second-order valence-electron chi connectivity index (χ2n) is 11.5. The number of aromatic nitrogens is 2. The Morgan fingerprint density at radius 2 is 1.72 bits per heavy atom. The van der Waals surface area contributed by atoms with E-state index in [0.29, 0.717) is 16.8 Å². The summed E-state index contributed by atoms with van der Waals surface area (Å²) in [7, 11) is 4.90. The molecule has 9 nitrogen and oxygen atoms in total. The van der Waals surface area contributed by atoms with Gasteiger partial charge in [0.2, 0.25) is 0 Å². The van der Waals surface area contributed by atoms with E-state index in [9.17, 15) is 14.4 Å². The Balaban J connectivity index is 1.09. The highest BCUT2D eigenvalue weighted by atomic mass is 32.1. The van der Waals surface area contributed by atoms with E-state index in [-0.39, 0.29) is 27.7 Å². The summed E-state index contributed by atoms with van der Waals surface area (Å²) < 4.78 is 12.3. The van der Waals surface area contributed by atoms with Gasteiger partial charge in [-0.25, -0.2) is 0 Å². The van der Waals surface area contributed by atoms with Crippen LogP contribution in [0.2, 0.25) is 0 Å². The number of fused-ring (bicyclic) bond motifs is 1. The Morgan fingerprint density at radius 3 is 2.45 bits per heavy atom. The van der Waals surface area contributed by atoms with Crippen molar-refractivity contribution < 1.29 is 14.3 Å². The maximum atomic E-state index is 13.1. The first kappa shape index (κ1) is 31.8. The molecule has 47 heavy (non-hydrogen) atoms. The SMILES string of the molecule is COc1cc2c(cc1OC)CN(CCc1ccc(NC(=O)c3cccc(/C=c4\[nH]c(=O)/c(=C/c5ccsc5)n(C)c4=O)c3)cc1)CC2. The van der Waals surface area contributed by atoms with Crippen LogP contribution in [0.5, 0.6) is 11.5 Å². The van der Waals surface area contributed by atoms with Gasteiger partial charge in [0.25, 0.3) is 17.0 Å². The molecule has 0 saturated heterocycles. The van der Waals surface area contributed by atoms with Gasteiger partial charge in [-0.15, -0.1) is 0 Å². The first-order valence-electron chi connectivity index (χ1n) is 15.3. The standard InChI is InChI=1S/C37H36N4O5S/c1-40-32(19-26-13-16-47-23-26)36(43)39-31(37(40)44)18-25-5-4-6-28(17-25)35(42)38-30-9-7-24(8-10-30)11-14-41-15-12-27-20-33(45-2)34(46-3)21-29(27)22-41/h4-10,13,16-21,23H,11-12,14-15,22H2,1-3H3,(H,38,42)(H,39,43)/b31-18-,32-19-. The smallest absolute Gasteiger partial charge is 0.274 e. The molecule has 1 amide bonds. The fraction of sp³-hybridized carbons (Fsp3) is 0.216. The summed E-state index contributed by atoms with van der Waals surface area (Å²) in [4.78, 5) is 44.1. The summed E-state index contributed by atoms with van der Waals surface area (Å²) in [6.45, 7) is 2.77. The lowest BCUT2D eigenvalue weighted by atomic mass is 9.98. The van der Waals surface area contributed by atoms with Crippen LogP contribution < -0.4 is 36.6 Å². The summed E-state index contributed by atoms with van der Waals surface area (Å²) in [5, 5.41) is 7.18. The van der Waals surface area contributed by atoms with E-state index < -0.39 is 0 Å². The Hall–Kier alpha value is -5.19. The van der Waals surface area contributed by atoms with Crippen molar-refractivity contribution in [1.82, 2.24) is 14.5 Å². The maximum absolute atomic E-state index is 13.1. The van der Waals surface area contributed by atoms with Gasteiger partial charge in [0.1, 0.15) is 10.7 Å². The number of anilines is 1. The Morgan fingerprint density at radius 1 is 0.957 bits per heavy atom. The molecule has 0 saturated carbocycles. The zero-order valence-corrected chi connectivity index (χ0v) is 27.4. The van der Waals surface area contributed by atoms with Gasteiger partial charge in [0.15, 0.2) is 11.5 Å². The first-order valence-corrected chi connectivity index (χ1v) is 16.3. The number of nitrogens with one attached hydrogen (secondary N) is 2. The lowest BCUT2D eigenvalue weighted by molar-refractivity contribution is 0.102. The number of amides is 1. The Kier molecular flexibility index (Phi) is 9.51. The lowest BCUT2D eigenvalue weighted by Crippen LogP contribution is -2.52. The number of hydrogen-bond acceptors (Lipinski definition) is 7. The molecular weight excluding hydrogens is 612 g/mol. The van der Waals surface area contributed by atoms with Gasteiger partial charge in [0.05, 0.1) is 14.2 Å². The molecule has 5 aromatic rings. The number of carbonyl (C=O) groups excluding carboxylic acids is 1. The van der Waals surface area contributed by atoms with E-state index in [4.69, 9.17) is 9.47 Å². The molecule has 0 bridgehead atoms. The number of hydrogen-bond donors (Lipinski definition) is 2. The quantitative estimate of drug-likeness (QED) is 0.253. The highest BCUT2D eigenvalue weighted by molar-refractivity contribution is 7.08. The normalized spacial score (nSPS) is 13.8. The van der Waals surface area contributed by atoms with Gasteiger partial charge >= 0.3 is 0 Å². The third-order valence-corrected chi connectivity index (χ3v) is 9.11. The largest absolute Gasteiger partial charge is 0.493 e. The van der Waals surface area contributed by atoms with E-state index in [1.807, 2.05) is 41.1 Å². The predicted octanol–water partition coefficient (Wildman–Crippen LogP) is 3.66. The monoisotopic (exact) mass is 648 g/mol. The molecule has 3 aromatic carbocycles. The third kappa shape index (κ3) is 7.29. The van der Waals surface area contributed by atoms with Gasteiger partial charge < -0.3 is 24.3 Å². The van der Waals surface area contributed by atoms with Crippen LogP contribution in [0.4, 0.5) is 5.69 Å². The van der Waals surface area contributed by atoms with Gasteiger partial charge in [-0.3, -0.25) is 19.3 Å². The van der Waals surface area contributed by atoms with Gasteiger partial charge in [-0.1, -0.05) is 24.3 Å². The van der Waals surface area contributed by atoms with Crippen molar-refractivity contribution in [3.63, 3.8) is 0 Å². The van der Waals surface area contributed by atoms with Crippen LogP contribution >= 0.6 is 11.3 Å². The van der Waals surface area contributed by atoms with E-state index in [1.54, 1.807) is 57.7 Å². The van der Waals surface area contributed by atoms with Crippen LogP contribution in [-0.4, -0.2) is 47.7 Å². The molecule has 0 aliphatic carbocycles. The molecule has 2 aromatic heterocycles. The average Bonchev–Trinajstić information content (AvgIpc) is 3.61. The highest BCUT2D eigenvalue weighted by Gasteiger charge is 2.19. The van der Waals surface area contributed by atoms with E-state index in [1.165, 1.54) is 32.6 Å². The average molecular weight is 649 g/mol. The van der Waals surface area contributed by atoms with E-state index in [2.05, 4.69) is 27.3 Å². The molecule has 10 heteroatoms. The van der Waals surface area contributed by atoms with Gasteiger partial charge in [-0.05, 0) is 106 Å². The minimum Gasteiger partial charge on any atom is -0.493 e. The number of thiophene rings is 1. The number of aromatic amines is 1. The fourth-order valence-electron chi connectivity index (χ4n) is 5.77.